The Kier molecular flexibility index (Phi) is 3.04. The van der Waals surface area contributed by atoms with Crippen molar-refractivity contribution in [2.24, 2.45) is 0 Å². The Morgan fingerprint density at radius 3 is 1.40 bits per heavy atom. The molecule has 0 fully saturated rings. The Morgan fingerprint density at radius 2 is 1.04 bits per heavy atom. The highest BCUT2D eigenvalue weighted by atomic mass is 16.3. The molecule has 0 heterocycles. The van der Waals surface area contributed by atoms with Crippen molar-refractivity contribution in [3.63, 3.8) is 0 Å². The van der Waals surface area contributed by atoms with Gasteiger partial charge in [-0.1, -0.05) is 27.7 Å². The molecule has 0 aliphatic heterocycles. The fraction of sp³-hybridized carbons (Fsp3) is 0.478. The molecule has 2 N–H and O–H groups in total. The van der Waals surface area contributed by atoms with Gasteiger partial charge in [0.25, 0.3) is 0 Å². The Bertz CT molecular complexity index is 827. The highest BCUT2D eigenvalue weighted by Gasteiger charge is 2.57. The number of phenolic OH excluding ortho intramolecular Hbond substituents is 2. The standard InChI is InChI=1S/C23H28O2/c1-13-7-15(24)9-17-19(13)21(3,4)11-23(17)12-22(5,6)20-14(2)8-16(25)10-18(20)23/h7-10,24-25H,11-12H2,1-6H3. The Hall–Kier alpha value is -1.96. The van der Waals surface area contributed by atoms with Crippen molar-refractivity contribution >= 4 is 0 Å². The van der Waals surface area contributed by atoms with E-state index in [9.17, 15) is 10.2 Å². The third-order valence-corrected chi connectivity index (χ3v) is 6.51. The summed E-state index contributed by atoms with van der Waals surface area (Å²) in [5.74, 6) is 0.688. The second kappa shape index (κ2) is 4.60. The highest BCUT2D eigenvalue weighted by molar-refractivity contribution is 5.64. The normalized spacial score (nSPS) is 21.4. The van der Waals surface area contributed by atoms with Gasteiger partial charge in [-0.15, -0.1) is 0 Å². The number of rotatable bonds is 0. The second-order valence-electron chi connectivity index (χ2n) is 9.57. The van der Waals surface area contributed by atoms with E-state index in [2.05, 4.69) is 41.5 Å². The van der Waals surface area contributed by atoms with E-state index in [1.54, 1.807) is 0 Å². The summed E-state index contributed by atoms with van der Waals surface area (Å²) >= 11 is 0. The molecular formula is C23H28O2. The minimum absolute atomic E-state index is 0.0458. The minimum atomic E-state index is -0.134. The van der Waals surface area contributed by atoms with Crippen molar-refractivity contribution in [2.45, 2.75) is 70.6 Å². The maximum atomic E-state index is 10.3. The zero-order valence-corrected chi connectivity index (χ0v) is 16.1. The van der Waals surface area contributed by atoms with E-state index in [1.165, 1.54) is 33.4 Å². The molecule has 2 aromatic rings. The number of hydrogen-bond donors (Lipinski definition) is 2. The maximum absolute atomic E-state index is 10.3. The Balaban J connectivity index is 2.11. The Morgan fingerprint density at radius 1 is 0.680 bits per heavy atom. The molecule has 0 amide bonds. The summed E-state index contributed by atoms with van der Waals surface area (Å²) in [4.78, 5) is 0. The summed E-state index contributed by atoms with van der Waals surface area (Å²) in [7, 11) is 0. The minimum Gasteiger partial charge on any atom is -0.508 e. The van der Waals surface area contributed by atoms with Crippen molar-refractivity contribution in [1.29, 1.82) is 0 Å². The van der Waals surface area contributed by atoms with Gasteiger partial charge in [0.1, 0.15) is 11.5 Å². The van der Waals surface area contributed by atoms with Crippen LogP contribution >= 0.6 is 0 Å². The van der Waals surface area contributed by atoms with E-state index in [1.807, 2.05) is 24.3 Å². The van der Waals surface area contributed by atoms with Crippen molar-refractivity contribution in [3.8, 4) is 11.5 Å². The summed E-state index contributed by atoms with van der Waals surface area (Å²) in [5.41, 5.74) is 7.54. The maximum Gasteiger partial charge on any atom is 0.116 e. The molecule has 0 aromatic heterocycles. The molecule has 2 heteroatoms. The third kappa shape index (κ3) is 2.03. The van der Waals surface area contributed by atoms with Gasteiger partial charge in [-0.25, -0.2) is 0 Å². The van der Waals surface area contributed by atoms with Crippen LogP contribution in [-0.2, 0) is 16.2 Å². The van der Waals surface area contributed by atoms with E-state index < -0.39 is 0 Å². The average Bonchev–Trinajstić information content (AvgIpc) is 2.77. The van der Waals surface area contributed by atoms with E-state index in [-0.39, 0.29) is 16.2 Å². The van der Waals surface area contributed by atoms with E-state index in [0.717, 1.165) is 12.8 Å². The zero-order valence-electron chi connectivity index (χ0n) is 16.1. The van der Waals surface area contributed by atoms with Crippen LogP contribution in [0.5, 0.6) is 11.5 Å². The quantitative estimate of drug-likeness (QED) is 0.679. The first-order valence-corrected chi connectivity index (χ1v) is 9.17. The molecule has 0 saturated heterocycles. The van der Waals surface area contributed by atoms with Crippen LogP contribution in [-0.4, -0.2) is 10.2 Å². The van der Waals surface area contributed by atoms with Gasteiger partial charge in [-0.05, 0) is 95.2 Å². The van der Waals surface area contributed by atoms with Crippen LogP contribution in [0.1, 0.15) is 73.9 Å². The number of hydrogen-bond acceptors (Lipinski definition) is 2. The highest BCUT2D eigenvalue weighted by Crippen LogP contribution is 2.64. The fourth-order valence-corrected chi connectivity index (χ4v) is 6.36. The summed E-state index contributed by atoms with van der Waals surface area (Å²) < 4.78 is 0. The van der Waals surface area contributed by atoms with Gasteiger partial charge in [0.2, 0.25) is 0 Å². The summed E-state index contributed by atoms with van der Waals surface area (Å²) in [6, 6.07) is 7.71. The van der Waals surface area contributed by atoms with Crippen LogP contribution in [0.15, 0.2) is 24.3 Å². The van der Waals surface area contributed by atoms with Crippen LogP contribution in [0.3, 0.4) is 0 Å². The molecule has 0 saturated carbocycles. The SMILES string of the molecule is Cc1cc(O)cc2c1C(C)(C)CC21CC(C)(C)c2c(C)cc(O)cc21. The fourth-order valence-electron chi connectivity index (χ4n) is 6.36. The average molecular weight is 336 g/mol. The van der Waals surface area contributed by atoms with Crippen LogP contribution in [0.4, 0.5) is 0 Å². The third-order valence-electron chi connectivity index (χ3n) is 6.51. The van der Waals surface area contributed by atoms with Gasteiger partial charge in [0, 0.05) is 5.41 Å². The largest absolute Gasteiger partial charge is 0.508 e. The van der Waals surface area contributed by atoms with Gasteiger partial charge in [-0.3, -0.25) is 0 Å². The van der Waals surface area contributed by atoms with E-state index in [0.29, 0.717) is 11.5 Å². The molecule has 0 atom stereocenters. The molecule has 0 unspecified atom stereocenters. The van der Waals surface area contributed by atoms with Crippen LogP contribution in [0.2, 0.25) is 0 Å². The molecule has 2 nitrogen and oxygen atoms in total. The number of fused-ring (bicyclic) bond motifs is 4. The number of aromatic hydroxyl groups is 2. The lowest BCUT2D eigenvalue weighted by atomic mass is 9.72. The van der Waals surface area contributed by atoms with Gasteiger partial charge < -0.3 is 10.2 Å². The molecule has 0 bridgehead atoms. The number of aryl methyl sites for hydroxylation is 2. The Labute approximate surface area is 150 Å². The molecular weight excluding hydrogens is 308 g/mol. The monoisotopic (exact) mass is 336 g/mol. The van der Waals surface area contributed by atoms with Crippen LogP contribution in [0.25, 0.3) is 0 Å². The lowest BCUT2D eigenvalue weighted by molar-refractivity contribution is 0.348. The first-order valence-electron chi connectivity index (χ1n) is 9.17. The predicted octanol–water partition coefficient (Wildman–Crippen LogP) is 5.36. The molecule has 1 spiro atoms. The van der Waals surface area contributed by atoms with Crippen LogP contribution in [0, 0.1) is 13.8 Å². The molecule has 2 aromatic carbocycles. The second-order valence-corrected chi connectivity index (χ2v) is 9.57. The molecule has 4 rings (SSSR count). The van der Waals surface area contributed by atoms with Gasteiger partial charge in [0.05, 0.1) is 0 Å². The molecule has 132 valence electrons. The van der Waals surface area contributed by atoms with Crippen LogP contribution < -0.4 is 0 Å². The van der Waals surface area contributed by atoms with Gasteiger partial charge in [-0.2, -0.15) is 0 Å². The van der Waals surface area contributed by atoms with Gasteiger partial charge >= 0.3 is 0 Å². The first-order chi connectivity index (χ1) is 11.5. The molecule has 0 radical (unpaired) electrons. The van der Waals surface area contributed by atoms with Gasteiger partial charge in [0.15, 0.2) is 0 Å². The van der Waals surface area contributed by atoms with Crippen molar-refractivity contribution in [2.75, 3.05) is 0 Å². The first kappa shape index (κ1) is 16.5. The molecule has 25 heavy (non-hydrogen) atoms. The smallest absolute Gasteiger partial charge is 0.116 e. The number of phenols is 2. The lowest BCUT2D eigenvalue weighted by Crippen LogP contribution is -2.26. The lowest BCUT2D eigenvalue weighted by Gasteiger charge is -2.30. The molecule has 2 aliphatic rings. The predicted molar refractivity (Wildman–Crippen MR) is 102 cm³/mol. The zero-order chi connectivity index (χ0) is 18.4. The molecule has 2 aliphatic carbocycles. The van der Waals surface area contributed by atoms with Crippen molar-refractivity contribution in [1.82, 2.24) is 0 Å². The van der Waals surface area contributed by atoms with E-state index >= 15 is 0 Å². The van der Waals surface area contributed by atoms with E-state index in [4.69, 9.17) is 0 Å². The summed E-state index contributed by atoms with van der Waals surface area (Å²) in [5, 5.41) is 20.7. The number of benzene rings is 2. The topological polar surface area (TPSA) is 40.5 Å². The summed E-state index contributed by atoms with van der Waals surface area (Å²) in [6.07, 6.45) is 2.03. The van der Waals surface area contributed by atoms with Crippen molar-refractivity contribution in [3.05, 3.63) is 57.6 Å². The van der Waals surface area contributed by atoms with Crippen molar-refractivity contribution < 1.29 is 10.2 Å². The summed E-state index contributed by atoms with van der Waals surface area (Å²) in [6.45, 7) is 13.5.